The zero-order valence-electron chi connectivity index (χ0n) is 10.1. The van der Waals surface area contributed by atoms with Crippen LogP contribution in [-0.2, 0) is 6.54 Å². The van der Waals surface area contributed by atoms with E-state index in [-0.39, 0.29) is 0 Å². The van der Waals surface area contributed by atoms with Crippen molar-refractivity contribution < 1.29 is 0 Å². The van der Waals surface area contributed by atoms with E-state index in [1.54, 1.807) is 0 Å². The third-order valence-electron chi connectivity index (χ3n) is 2.60. The molecule has 0 bridgehead atoms. The third kappa shape index (κ3) is 3.18. The van der Waals surface area contributed by atoms with Crippen molar-refractivity contribution in [2.75, 3.05) is 6.54 Å². The SMILES string of the molecule is CCNCc1ccc(-c2cc(C)ccc2Br)s1. The van der Waals surface area contributed by atoms with E-state index >= 15 is 0 Å². The largest absolute Gasteiger partial charge is 0.312 e. The van der Waals surface area contributed by atoms with E-state index in [0.29, 0.717) is 0 Å². The highest BCUT2D eigenvalue weighted by atomic mass is 79.9. The second-order valence-electron chi connectivity index (χ2n) is 4.03. The molecule has 2 aromatic rings. The van der Waals surface area contributed by atoms with Gasteiger partial charge in [-0.05, 0) is 37.7 Å². The molecule has 0 amide bonds. The van der Waals surface area contributed by atoms with Crippen LogP contribution in [0.5, 0.6) is 0 Å². The quantitative estimate of drug-likeness (QED) is 0.870. The van der Waals surface area contributed by atoms with Crippen LogP contribution in [0.2, 0.25) is 0 Å². The summed E-state index contributed by atoms with van der Waals surface area (Å²) >= 11 is 5.48. The van der Waals surface area contributed by atoms with Crippen LogP contribution in [0.3, 0.4) is 0 Å². The van der Waals surface area contributed by atoms with Gasteiger partial charge in [-0.25, -0.2) is 0 Å². The first-order valence-electron chi connectivity index (χ1n) is 5.76. The first kappa shape index (κ1) is 12.8. The van der Waals surface area contributed by atoms with Crippen LogP contribution in [0.25, 0.3) is 10.4 Å². The fourth-order valence-corrected chi connectivity index (χ4v) is 3.29. The van der Waals surface area contributed by atoms with E-state index in [9.17, 15) is 0 Å². The maximum Gasteiger partial charge on any atom is 0.0357 e. The topological polar surface area (TPSA) is 12.0 Å². The van der Waals surface area contributed by atoms with E-state index < -0.39 is 0 Å². The molecule has 1 aromatic carbocycles. The minimum absolute atomic E-state index is 0.963. The summed E-state index contributed by atoms with van der Waals surface area (Å²) in [4.78, 5) is 2.71. The Balaban J connectivity index is 2.27. The van der Waals surface area contributed by atoms with E-state index in [0.717, 1.165) is 13.1 Å². The molecular formula is C14H16BrNS. The molecule has 17 heavy (non-hydrogen) atoms. The van der Waals surface area contributed by atoms with Gasteiger partial charge in [-0.1, -0.05) is 34.5 Å². The monoisotopic (exact) mass is 309 g/mol. The summed E-state index contributed by atoms with van der Waals surface area (Å²) in [6, 6.07) is 10.9. The van der Waals surface area contributed by atoms with Crippen molar-refractivity contribution in [3.8, 4) is 10.4 Å². The van der Waals surface area contributed by atoms with Crippen LogP contribution in [0.4, 0.5) is 0 Å². The van der Waals surface area contributed by atoms with Crippen molar-refractivity contribution in [1.29, 1.82) is 0 Å². The Morgan fingerprint density at radius 3 is 2.82 bits per heavy atom. The predicted molar refractivity (Wildman–Crippen MR) is 79.6 cm³/mol. The van der Waals surface area contributed by atoms with Gasteiger partial charge < -0.3 is 5.32 Å². The van der Waals surface area contributed by atoms with Gasteiger partial charge in [0.25, 0.3) is 0 Å². The van der Waals surface area contributed by atoms with Crippen molar-refractivity contribution in [2.45, 2.75) is 20.4 Å². The van der Waals surface area contributed by atoms with Crippen LogP contribution in [0, 0.1) is 6.92 Å². The van der Waals surface area contributed by atoms with Gasteiger partial charge in [0.2, 0.25) is 0 Å². The summed E-state index contributed by atoms with van der Waals surface area (Å²) in [5.41, 5.74) is 2.59. The molecule has 0 spiro atoms. The number of thiophene rings is 1. The number of aryl methyl sites for hydroxylation is 1. The van der Waals surface area contributed by atoms with Gasteiger partial charge in [-0.15, -0.1) is 11.3 Å². The van der Waals surface area contributed by atoms with Gasteiger partial charge in [-0.3, -0.25) is 0 Å². The minimum Gasteiger partial charge on any atom is -0.312 e. The molecule has 1 aromatic heterocycles. The molecule has 1 N–H and O–H groups in total. The van der Waals surface area contributed by atoms with Crippen LogP contribution < -0.4 is 5.32 Å². The molecule has 0 saturated carbocycles. The van der Waals surface area contributed by atoms with Crippen molar-refractivity contribution in [3.05, 3.63) is 45.2 Å². The lowest BCUT2D eigenvalue weighted by atomic mass is 10.1. The summed E-state index contributed by atoms with van der Waals surface area (Å²) in [6.07, 6.45) is 0. The number of halogens is 1. The normalized spacial score (nSPS) is 10.8. The Morgan fingerprint density at radius 2 is 2.06 bits per heavy atom. The Bertz CT molecular complexity index is 505. The smallest absolute Gasteiger partial charge is 0.0357 e. The molecular weight excluding hydrogens is 294 g/mol. The van der Waals surface area contributed by atoms with Gasteiger partial charge in [0.15, 0.2) is 0 Å². The molecule has 2 rings (SSSR count). The molecule has 0 unspecified atom stereocenters. The molecule has 1 heterocycles. The first-order chi connectivity index (χ1) is 8.20. The highest BCUT2D eigenvalue weighted by molar-refractivity contribution is 9.10. The van der Waals surface area contributed by atoms with E-state index in [4.69, 9.17) is 0 Å². The van der Waals surface area contributed by atoms with Gasteiger partial charge in [0.1, 0.15) is 0 Å². The molecule has 0 aliphatic rings. The maximum absolute atomic E-state index is 3.62. The van der Waals surface area contributed by atoms with Gasteiger partial charge >= 0.3 is 0 Å². The highest BCUT2D eigenvalue weighted by Gasteiger charge is 2.06. The fourth-order valence-electron chi connectivity index (χ4n) is 1.69. The summed E-state index contributed by atoms with van der Waals surface area (Å²) in [5, 5.41) is 3.35. The van der Waals surface area contributed by atoms with Gasteiger partial charge in [0, 0.05) is 26.3 Å². The van der Waals surface area contributed by atoms with Crippen LogP contribution >= 0.6 is 27.3 Å². The number of hydrogen-bond donors (Lipinski definition) is 1. The molecule has 3 heteroatoms. The summed E-state index contributed by atoms with van der Waals surface area (Å²) < 4.78 is 1.17. The second kappa shape index (κ2) is 5.80. The summed E-state index contributed by atoms with van der Waals surface area (Å²) in [5.74, 6) is 0. The highest BCUT2D eigenvalue weighted by Crippen LogP contribution is 2.34. The van der Waals surface area contributed by atoms with Gasteiger partial charge in [0.05, 0.1) is 0 Å². The first-order valence-corrected chi connectivity index (χ1v) is 7.37. The van der Waals surface area contributed by atoms with Crippen LogP contribution in [0.15, 0.2) is 34.8 Å². The summed E-state index contributed by atoms with van der Waals surface area (Å²) in [7, 11) is 0. The second-order valence-corrected chi connectivity index (χ2v) is 6.05. The standard InChI is InChI=1S/C14H16BrNS/c1-3-16-9-11-5-7-14(17-11)12-8-10(2)4-6-13(12)15/h4-8,16H,3,9H2,1-2H3. The maximum atomic E-state index is 3.62. The third-order valence-corrected chi connectivity index (χ3v) is 4.41. The number of benzene rings is 1. The molecule has 0 radical (unpaired) electrons. The lowest BCUT2D eigenvalue weighted by Gasteiger charge is -2.03. The molecule has 0 saturated heterocycles. The molecule has 1 nitrogen and oxygen atoms in total. The van der Waals surface area contributed by atoms with E-state index in [2.05, 4.69) is 65.4 Å². The minimum atomic E-state index is 0.963. The summed E-state index contributed by atoms with van der Waals surface area (Å²) in [6.45, 7) is 6.24. The van der Waals surface area contributed by atoms with Crippen LogP contribution in [-0.4, -0.2) is 6.54 Å². The average molecular weight is 310 g/mol. The Labute approximate surface area is 115 Å². The number of nitrogens with one attached hydrogen (secondary N) is 1. The molecule has 0 aliphatic heterocycles. The Morgan fingerprint density at radius 1 is 1.24 bits per heavy atom. The van der Waals surface area contributed by atoms with Crippen molar-refractivity contribution in [3.63, 3.8) is 0 Å². The Kier molecular flexibility index (Phi) is 4.37. The zero-order chi connectivity index (χ0) is 12.3. The molecule has 0 fully saturated rings. The number of rotatable bonds is 4. The zero-order valence-corrected chi connectivity index (χ0v) is 12.5. The lowest BCUT2D eigenvalue weighted by Crippen LogP contribution is -2.10. The van der Waals surface area contributed by atoms with Crippen LogP contribution in [0.1, 0.15) is 17.4 Å². The van der Waals surface area contributed by atoms with Crippen molar-refractivity contribution >= 4 is 27.3 Å². The number of hydrogen-bond acceptors (Lipinski definition) is 2. The van der Waals surface area contributed by atoms with Crippen molar-refractivity contribution in [1.82, 2.24) is 5.32 Å². The molecule has 90 valence electrons. The van der Waals surface area contributed by atoms with Gasteiger partial charge in [-0.2, -0.15) is 0 Å². The molecule has 0 atom stereocenters. The van der Waals surface area contributed by atoms with E-state index in [1.807, 2.05) is 11.3 Å². The molecule has 0 aliphatic carbocycles. The lowest BCUT2D eigenvalue weighted by molar-refractivity contribution is 0.735. The predicted octanol–water partition coefficient (Wildman–Crippen LogP) is 4.60. The van der Waals surface area contributed by atoms with E-state index in [1.165, 1.54) is 25.4 Å². The fraction of sp³-hybridized carbons (Fsp3) is 0.286. The van der Waals surface area contributed by atoms with Crippen molar-refractivity contribution in [2.24, 2.45) is 0 Å². The Hall–Kier alpha value is -0.640. The average Bonchev–Trinajstić information content (AvgIpc) is 2.78.